The van der Waals surface area contributed by atoms with Crippen molar-refractivity contribution in [3.05, 3.63) is 23.5 Å². The van der Waals surface area contributed by atoms with Crippen LogP contribution in [0, 0.1) is 46.3 Å². The van der Waals surface area contributed by atoms with Gasteiger partial charge in [-0.2, -0.15) is 0 Å². The first kappa shape index (κ1) is 26.6. The lowest BCUT2D eigenvalue weighted by molar-refractivity contribution is -0.137. The summed E-state index contributed by atoms with van der Waals surface area (Å²) in [5.41, 5.74) is 2.28. The van der Waals surface area contributed by atoms with E-state index in [2.05, 4.69) is 46.8 Å². The molecule has 4 rings (SSSR count). The van der Waals surface area contributed by atoms with Crippen molar-refractivity contribution in [2.24, 2.45) is 46.3 Å². The standard InChI is InChI=1S/C29H46O2.C2H6/c1-19(2)8-7-9-20(3)25-12-13-26-24-11-10-22-18-23(31-21(4)30)14-16-28(22,5)27(24)15-17-29(25,26)6;1-2/h10,18-20,24-27H,7-9,11-17H2,1-6H3;1-2H3/t20-,24?,25?,26?,27?,28?,29?;/m1./s1. The number of rotatable bonds is 6. The maximum Gasteiger partial charge on any atom is 0.307 e. The van der Waals surface area contributed by atoms with Gasteiger partial charge >= 0.3 is 5.97 Å². The van der Waals surface area contributed by atoms with Crippen molar-refractivity contribution < 1.29 is 9.53 Å². The Morgan fingerprint density at radius 1 is 1.06 bits per heavy atom. The molecule has 33 heavy (non-hydrogen) atoms. The van der Waals surface area contributed by atoms with E-state index in [-0.39, 0.29) is 11.4 Å². The van der Waals surface area contributed by atoms with Gasteiger partial charge in [0.25, 0.3) is 0 Å². The highest BCUT2D eigenvalue weighted by atomic mass is 16.5. The predicted octanol–water partition coefficient (Wildman–Crippen LogP) is 9.11. The van der Waals surface area contributed by atoms with E-state index >= 15 is 0 Å². The number of allylic oxidation sites excluding steroid dienone is 4. The Hall–Kier alpha value is -1.05. The second kappa shape index (κ2) is 10.7. The van der Waals surface area contributed by atoms with Crippen molar-refractivity contribution in [2.45, 2.75) is 120 Å². The van der Waals surface area contributed by atoms with Crippen LogP contribution in [0.25, 0.3) is 0 Å². The molecule has 0 aromatic carbocycles. The van der Waals surface area contributed by atoms with Crippen molar-refractivity contribution in [3.63, 3.8) is 0 Å². The highest BCUT2D eigenvalue weighted by Gasteiger charge is 2.58. The van der Waals surface area contributed by atoms with Crippen LogP contribution in [-0.2, 0) is 9.53 Å². The Labute approximate surface area is 205 Å². The van der Waals surface area contributed by atoms with Gasteiger partial charge in [0.1, 0.15) is 5.76 Å². The van der Waals surface area contributed by atoms with E-state index in [1.54, 1.807) is 0 Å². The first-order valence-electron chi connectivity index (χ1n) is 14.2. The number of ether oxygens (including phenoxy) is 1. The van der Waals surface area contributed by atoms with E-state index in [0.717, 1.165) is 54.1 Å². The van der Waals surface area contributed by atoms with Crippen LogP contribution in [0.4, 0.5) is 0 Å². The third-order valence-corrected chi connectivity index (χ3v) is 10.2. The lowest BCUT2D eigenvalue weighted by atomic mass is 9.47. The van der Waals surface area contributed by atoms with Crippen LogP contribution in [0.15, 0.2) is 23.5 Å². The second-order valence-electron chi connectivity index (χ2n) is 12.4. The Kier molecular flexibility index (Phi) is 8.61. The normalized spacial score (nSPS) is 38.1. The highest BCUT2D eigenvalue weighted by Crippen LogP contribution is 2.67. The van der Waals surface area contributed by atoms with E-state index < -0.39 is 0 Å². The van der Waals surface area contributed by atoms with Gasteiger partial charge in [0.05, 0.1) is 0 Å². The molecule has 2 saturated carbocycles. The molecule has 2 nitrogen and oxygen atoms in total. The van der Waals surface area contributed by atoms with Crippen LogP contribution in [-0.4, -0.2) is 5.97 Å². The fraction of sp³-hybridized carbons (Fsp3) is 0.839. The van der Waals surface area contributed by atoms with Gasteiger partial charge in [-0.1, -0.05) is 73.8 Å². The minimum Gasteiger partial charge on any atom is -0.431 e. The Morgan fingerprint density at radius 2 is 1.79 bits per heavy atom. The zero-order chi connectivity index (χ0) is 24.4. The third kappa shape index (κ3) is 5.15. The van der Waals surface area contributed by atoms with Crippen LogP contribution < -0.4 is 0 Å². The molecule has 0 radical (unpaired) electrons. The maximum atomic E-state index is 11.4. The molecule has 0 aromatic heterocycles. The van der Waals surface area contributed by atoms with Gasteiger partial charge in [-0.05, 0) is 96.5 Å². The average Bonchev–Trinajstić information content (AvgIpc) is 3.12. The quantitative estimate of drug-likeness (QED) is 0.372. The molecule has 188 valence electrons. The van der Waals surface area contributed by atoms with Crippen molar-refractivity contribution in [3.8, 4) is 0 Å². The Balaban J connectivity index is 0.00000149. The second-order valence-corrected chi connectivity index (χ2v) is 12.4. The van der Waals surface area contributed by atoms with Crippen LogP contribution in [0.1, 0.15) is 120 Å². The summed E-state index contributed by atoms with van der Waals surface area (Å²) in [4.78, 5) is 11.4. The van der Waals surface area contributed by atoms with E-state index in [9.17, 15) is 4.79 Å². The number of hydrogen-bond donors (Lipinski definition) is 0. The van der Waals surface area contributed by atoms with E-state index in [1.165, 1.54) is 63.9 Å². The van der Waals surface area contributed by atoms with Gasteiger partial charge in [-0.25, -0.2) is 0 Å². The maximum absolute atomic E-state index is 11.4. The van der Waals surface area contributed by atoms with Crippen LogP contribution in [0.5, 0.6) is 0 Å². The van der Waals surface area contributed by atoms with Gasteiger partial charge in [-0.15, -0.1) is 0 Å². The fourth-order valence-corrected chi connectivity index (χ4v) is 8.59. The Morgan fingerprint density at radius 3 is 2.45 bits per heavy atom. The number of carbonyl (C=O) groups excluding carboxylic acids is 1. The molecule has 4 aliphatic carbocycles. The number of carbonyl (C=O) groups is 1. The molecule has 0 aromatic rings. The molecule has 0 amide bonds. The highest BCUT2D eigenvalue weighted by molar-refractivity contribution is 5.67. The first-order chi connectivity index (χ1) is 15.6. The molecular formula is C31H52O2. The smallest absolute Gasteiger partial charge is 0.307 e. The fourth-order valence-electron chi connectivity index (χ4n) is 8.59. The van der Waals surface area contributed by atoms with Crippen molar-refractivity contribution in [2.75, 3.05) is 0 Å². The molecule has 0 saturated heterocycles. The third-order valence-electron chi connectivity index (χ3n) is 10.2. The van der Waals surface area contributed by atoms with Gasteiger partial charge in [-0.3, -0.25) is 4.79 Å². The predicted molar refractivity (Wildman–Crippen MR) is 140 cm³/mol. The van der Waals surface area contributed by atoms with Crippen molar-refractivity contribution in [1.82, 2.24) is 0 Å². The summed E-state index contributed by atoms with van der Waals surface area (Å²) < 4.78 is 5.48. The molecule has 2 fully saturated rings. The summed E-state index contributed by atoms with van der Waals surface area (Å²) in [6.45, 7) is 18.0. The summed E-state index contributed by atoms with van der Waals surface area (Å²) in [5, 5.41) is 0. The number of hydrogen-bond acceptors (Lipinski definition) is 2. The molecule has 0 bridgehead atoms. The van der Waals surface area contributed by atoms with Crippen LogP contribution in [0.2, 0.25) is 0 Å². The van der Waals surface area contributed by atoms with E-state index in [4.69, 9.17) is 4.74 Å². The summed E-state index contributed by atoms with van der Waals surface area (Å²) >= 11 is 0. The largest absolute Gasteiger partial charge is 0.431 e. The number of esters is 1. The van der Waals surface area contributed by atoms with Gasteiger partial charge in [0, 0.05) is 13.3 Å². The topological polar surface area (TPSA) is 26.3 Å². The van der Waals surface area contributed by atoms with Gasteiger partial charge in [0.2, 0.25) is 0 Å². The molecule has 0 aliphatic heterocycles. The van der Waals surface area contributed by atoms with E-state index in [1.807, 2.05) is 13.8 Å². The van der Waals surface area contributed by atoms with Crippen LogP contribution >= 0.6 is 0 Å². The molecular weight excluding hydrogens is 404 g/mol. The van der Waals surface area contributed by atoms with Crippen LogP contribution in [0.3, 0.4) is 0 Å². The molecule has 2 heteroatoms. The lowest BCUT2D eigenvalue weighted by Crippen LogP contribution is -2.49. The summed E-state index contributed by atoms with van der Waals surface area (Å²) in [6, 6.07) is 0. The monoisotopic (exact) mass is 456 g/mol. The van der Waals surface area contributed by atoms with Gasteiger partial charge < -0.3 is 4.74 Å². The van der Waals surface area contributed by atoms with Gasteiger partial charge in [0.15, 0.2) is 0 Å². The molecule has 0 spiro atoms. The van der Waals surface area contributed by atoms with Crippen molar-refractivity contribution in [1.29, 1.82) is 0 Å². The molecule has 7 atom stereocenters. The number of fused-ring (bicyclic) bond motifs is 5. The first-order valence-corrected chi connectivity index (χ1v) is 14.2. The minimum atomic E-state index is -0.183. The summed E-state index contributed by atoms with van der Waals surface area (Å²) in [5.74, 6) is 5.88. The molecule has 0 heterocycles. The SMILES string of the molecule is CC.CC(=O)OC1=CC2=CCC3C(CCC4(C)C3CCC4[C@H](C)CCCC(C)C)C2(C)CC1. The average molecular weight is 457 g/mol. The molecule has 4 aliphatic rings. The summed E-state index contributed by atoms with van der Waals surface area (Å²) in [6.07, 6.45) is 17.9. The Bertz CT molecular complexity index is 746. The lowest BCUT2D eigenvalue weighted by Gasteiger charge is -2.57. The molecule has 6 unspecified atom stereocenters. The van der Waals surface area contributed by atoms with Crippen molar-refractivity contribution >= 4 is 5.97 Å². The van der Waals surface area contributed by atoms with E-state index in [0.29, 0.717) is 5.41 Å². The zero-order valence-electron chi connectivity index (χ0n) is 23.0. The zero-order valence-corrected chi connectivity index (χ0v) is 23.0. The minimum absolute atomic E-state index is 0.183. The molecule has 0 N–H and O–H groups in total. The summed E-state index contributed by atoms with van der Waals surface area (Å²) in [7, 11) is 0.